The van der Waals surface area contributed by atoms with E-state index >= 15 is 0 Å². The topological polar surface area (TPSA) is 21.3 Å². The molecule has 0 unspecified atom stereocenters. The van der Waals surface area contributed by atoms with Gasteiger partial charge in [-0.2, -0.15) is 0 Å². The van der Waals surface area contributed by atoms with Crippen molar-refractivity contribution in [1.82, 2.24) is 5.32 Å². The zero-order valence-corrected chi connectivity index (χ0v) is 10.9. The molecule has 1 N–H and O–H groups in total. The van der Waals surface area contributed by atoms with E-state index in [-0.39, 0.29) is 0 Å². The summed E-state index contributed by atoms with van der Waals surface area (Å²) >= 11 is 12.0. The van der Waals surface area contributed by atoms with Crippen LogP contribution < -0.4 is 10.1 Å². The second-order valence-electron chi connectivity index (χ2n) is 3.29. The smallest absolute Gasteiger partial charge is 0.142 e. The first kappa shape index (κ1) is 13.4. The van der Waals surface area contributed by atoms with Crippen molar-refractivity contribution in [2.24, 2.45) is 0 Å². The molecule has 16 heavy (non-hydrogen) atoms. The zero-order valence-electron chi connectivity index (χ0n) is 9.39. The van der Waals surface area contributed by atoms with E-state index in [0.717, 1.165) is 5.56 Å². The molecule has 0 aliphatic rings. The van der Waals surface area contributed by atoms with E-state index in [4.69, 9.17) is 27.9 Å². The molecule has 0 saturated carbocycles. The lowest BCUT2D eigenvalue weighted by Crippen LogP contribution is -2.08. The van der Waals surface area contributed by atoms with Crippen molar-refractivity contribution in [1.29, 1.82) is 0 Å². The quantitative estimate of drug-likeness (QED) is 0.815. The molecule has 1 aromatic carbocycles. The molecule has 0 bridgehead atoms. The van der Waals surface area contributed by atoms with E-state index in [9.17, 15) is 0 Å². The second kappa shape index (κ2) is 6.79. The van der Waals surface area contributed by atoms with Crippen LogP contribution in [0, 0.1) is 0 Å². The van der Waals surface area contributed by atoms with Crippen LogP contribution >= 0.6 is 23.2 Å². The van der Waals surface area contributed by atoms with Crippen LogP contribution in [-0.4, -0.2) is 13.7 Å². The highest BCUT2D eigenvalue weighted by Crippen LogP contribution is 2.32. The van der Waals surface area contributed by atoms with Crippen molar-refractivity contribution >= 4 is 23.2 Å². The first-order chi connectivity index (χ1) is 7.69. The lowest BCUT2D eigenvalue weighted by molar-refractivity contribution is 0.358. The average molecular weight is 260 g/mol. The summed E-state index contributed by atoms with van der Waals surface area (Å²) in [5, 5.41) is 4.22. The van der Waals surface area contributed by atoms with E-state index in [0.29, 0.717) is 28.9 Å². The minimum absolute atomic E-state index is 0.508. The highest BCUT2D eigenvalue weighted by atomic mass is 35.5. The molecule has 1 aromatic rings. The summed E-state index contributed by atoms with van der Waals surface area (Å²) in [5.74, 6) is 0.693. The Morgan fingerprint density at radius 1 is 1.38 bits per heavy atom. The van der Waals surface area contributed by atoms with Crippen LogP contribution in [0.4, 0.5) is 0 Å². The normalized spacial score (nSPS) is 11.0. The van der Waals surface area contributed by atoms with Gasteiger partial charge in [0.1, 0.15) is 12.4 Å². The second-order valence-corrected chi connectivity index (χ2v) is 4.13. The Hall–Kier alpha value is -0.700. The van der Waals surface area contributed by atoms with Gasteiger partial charge in [-0.05, 0) is 26.1 Å². The van der Waals surface area contributed by atoms with Gasteiger partial charge in [0.2, 0.25) is 0 Å². The van der Waals surface area contributed by atoms with Crippen molar-refractivity contribution in [2.75, 3.05) is 13.7 Å². The van der Waals surface area contributed by atoms with Crippen molar-refractivity contribution in [2.45, 2.75) is 13.5 Å². The molecule has 4 heteroatoms. The van der Waals surface area contributed by atoms with E-state index in [1.54, 1.807) is 6.07 Å². The fraction of sp³-hybridized carbons (Fsp3) is 0.333. The maximum absolute atomic E-state index is 6.09. The largest absolute Gasteiger partial charge is 0.488 e. The molecule has 0 amide bonds. The van der Waals surface area contributed by atoms with Crippen molar-refractivity contribution in [3.05, 3.63) is 39.9 Å². The summed E-state index contributed by atoms with van der Waals surface area (Å²) in [5.41, 5.74) is 0.963. The summed E-state index contributed by atoms with van der Waals surface area (Å²) in [4.78, 5) is 0. The third-order valence-corrected chi connectivity index (χ3v) is 2.51. The van der Waals surface area contributed by atoms with Gasteiger partial charge in [-0.3, -0.25) is 0 Å². The minimum Gasteiger partial charge on any atom is -0.488 e. The number of hydrogen-bond donors (Lipinski definition) is 1. The predicted octanol–water partition coefficient (Wildman–Crippen LogP) is 3.67. The van der Waals surface area contributed by atoms with Crippen LogP contribution in [0.1, 0.15) is 12.5 Å². The highest BCUT2D eigenvalue weighted by molar-refractivity contribution is 6.35. The fourth-order valence-electron chi connectivity index (χ4n) is 1.32. The molecular formula is C12H15Cl2NO. The first-order valence-electron chi connectivity index (χ1n) is 5.05. The molecule has 0 spiro atoms. The highest BCUT2D eigenvalue weighted by Gasteiger charge is 2.09. The van der Waals surface area contributed by atoms with Gasteiger partial charge in [-0.25, -0.2) is 0 Å². The summed E-state index contributed by atoms with van der Waals surface area (Å²) < 4.78 is 5.60. The first-order valence-corrected chi connectivity index (χ1v) is 5.81. The Morgan fingerprint density at radius 3 is 2.75 bits per heavy atom. The van der Waals surface area contributed by atoms with Gasteiger partial charge >= 0.3 is 0 Å². The van der Waals surface area contributed by atoms with Gasteiger partial charge in [0, 0.05) is 17.1 Å². The van der Waals surface area contributed by atoms with Crippen LogP contribution in [0.15, 0.2) is 24.3 Å². The molecule has 0 aliphatic heterocycles. The Balaban J connectivity index is 2.94. The molecule has 88 valence electrons. The number of benzene rings is 1. The lowest BCUT2D eigenvalue weighted by Gasteiger charge is -2.12. The number of hydrogen-bond acceptors (Lipinski definition) is 2. The molecule has 0 heterocycles. The number of nitrogens with one attached hydrogen (secondary N) is 1. The molecule has 1 rings (SSSR count). The van der Waals surface area contributed by atoms with Crippen LogP contribution in [0.25, 0.3) is 0 Å². The maximum atomic E-state index is 6.09. The Kier molecular flexibility index (Phi) is 5.67. The minimum atomic E-state index is 0.508. The molecule has 0 radical (unpaired) electrons. The average Bonchev–Trinajstić information content (AvgIpc) is 2.22. The monoisotopic (exact) mass is 259 g/mol. The van der Waals surface area contributed by atoms with E-state index < -0.39 is 0 Å². The SMILES string of the molecule is C/C=C/COc1c(Cl)cc(Cl)cc1CNC. The third kappa shape index (κ3) is 3.71. The summed E-state index contributed by atoms with van der Waals surface area (Å²) in [6, 6.07) is 3.54. The summed E-state index contributed by atoms with van der Waals surface area (Å²) in [6.45, 7) is 3.13. The van der Waals surface area contributed by atoms with Gasteiger partial charge in [-0.15, -0.1) is 0 Å². The standard InChI is InChI=1S/C12H15Cl2NO/c1-3-4-5-16-12-9(8-15-2)6-10(13)7-11(12)14/h3-4,6-7,15H,5,8H2,1-2H3/b4-3+. The maximum Gasteiger partial charge on any atom is 0.142 e. The van der Waals surface area contributed by atoms with Gasteiger partial charge in [-0.1, -0.05) is 35.4 Å². The van der Waals surface area contributed by atoms with Gasteiger partial charge < -0.3 is 10.1 Å². The fourth-order valence-corrected chi connectivity index (χ4v) is 1.91. The number of allylic oxidation sites excluding steroid dienone is 1. The summed E-state index contributed by atoms with van der Waals surface area (Å²) in [6.07, 6.45) is 3.86. The molecule has 0 saturated heterocycles. The van der Waals surface area contributed by atoms with E-state index in [1.165, 1.54) is 0 Å². The van der Waals surface area contributed by atoms with Gasteiger partial charge in [0.25, 0.3) is 0 Å². The van der Waals surface area contributed by atoms with Crippen molar-refractivity contribution in [3.8, 4) is 5.75 Å². The predicted molar refractivity (Wildman–Crippen MR) is 69.5 cm³/mol. The van der Waals surface area contributed by atoms with Crippen LogP contribution in [0.5, 0.6) is 5.75 Å². The lowest BCUT2D eigenvalue weighted by atomic mass is 10.2. The zero-order chi connectivity index (χ0) is 12.0. The molecule has 0 atom stereocenters. The number of halogens is 2. The van der Waals surface area contributed by atoms with Gasteiger partial charge in [0.05, 0.1) is 5.02 Å². The molecule has 0 aromatic heterocycles. The van der Waals surface area contributed by atoms with E-state index in [1.807, 2.05) is 32.2 Å². The summed E-state index contributed by atoms with van der Waals surface area (Å²) in [7, 11) is 1.87. The Morgan fingerprint density at radius 2 is 2.12 bits per heavy atom. The third-order valence-electron chi connectivity index (χ3n) is 2.01. The number of rotatable bonds is 5. The Bertz CT molecular complexity index is 378. The van der Waals surface area contributed by atoms with Crippen LogP contribution in [0.2, 0.25) is 10.0 Å². The molecular weight excluding hydrogens is 245 g/mol. The molecule has 0 aliphatic carbocycles. The van der Waals surface area contributed by atoms with Gasteiger partial charge in [0.15, 0.2) is 0 Å². The van der Waals surface area contributed by atoms with Crippen LogP contribution in [0.3, 0.4) is 0 Å². The van der Waals surface area contributed by atoms with Crippen molar-refractivity contribution < 1.29 is 4.74 Å². The molecule has 2 nitrogen and oxygen atoms in total. The van der Waals surface area contributed by atoms with E-state index in [2.05, 4.69) is 5.32 Å². The number of ether oxygens (including phenoxy) is 1. The van der Waals surface area contributed by atoms with Crippen LogP contribution in [-0.2, 0) is 6.54 Å². The van der Waals surface area contributed by atoms with Crippen molar-refractivity contribution in [3.63, 3.8) is 0 Å². The Labute approximate surface area is 106 Å². The molecule has 0 fully saturated rings.